The molecule has 0 radical (unpaired) electrons. The van der Waals surface area contributed by atoms with Crippen LogP contribution in [0.4, 0.5) is 15.0 Å². The van der Waals surface area contributed by atoms with E-state index in [2.05, 4.69) is 0 Å². The van der Waals surface area contributed by atoms with Gasteiger partial charge in [0.15, 0.2) is 5.75 Å². The quantitative estimate of drug-likeness (QED) is 0.569. The van der Waals surface area contributed by atoms with Gasteiger partial charge in [0, 0.05) is 25.7 Å². The van der Waals surface area contributed by atoms with Crippen molar-refractivity contribution in [3.63, 3.8) is 0 Å². The Bertz CT molecular complexity index is 1400. The smallest absolute Gasteiger partial charge is 0.430 e. The van der Waals surface area contributed by atoms with Gasteiger partial charge in [0.25, 0.3) is 11.5 Å². The number of rotatable bonds is 5. The summed E-state index contributed by atoms with van der Waals surface area (Å²) in [5, 5.41) is -0.104. The second-order valence-electron chi connectivity index (χ2n) is 9.31. The van der Waals surface area contributed by atoms with Gasteiger partial charge in [0.1, 0.15) is 17.2 Å². The van der Waals surface area contributed by atoms with E-state index < -0.39 is 39.0 Å². The highest BCUT2D eigenvalue weighted by Gasteiger charge is 2.40. The summed E-state index contributed by atoms with van der Waals surface area (Å²) < 4.78 is 50.9. The number of benzene rings is 1. The molecule has 0 aliphatic carbocycles. The molecule has 2 aromatic rings. The summed E-state index contributed by atoms with van der Waals surface area (Å²) in [5.74, 6) is -1.82. The summed E-state index contributed by atoms with van der Waals surface area (Å²) in [6.45, 7) is 4.86. The highest BCUT2D eigenvalue weighted by Crippen LogP contribution is 2.35. The van der Waals surface area contributed by atoms with Crippen molar-refractivity contribution in [1.82, 2.24) is 9.47 Å². The van der Waals surface area contributed by atoms with Crippen LogP contribution in [-0.2, 0) is 34.8 Å². The molecule has 0 atom stereocenters. The first kappa shape index (κ1) is 27.5. The molecule has 0 saturated heterocycles. The topological polar surface area (TPSA) is 115 Å². The van der Waals surface area contributed by atoms with Gasteiger partial charge in [-0.3, -0.25) is 14.2 Å². The van der Waals surface area contributed by atoms with Crippen LogP contribution in [0.25, 0.3) is 0 Å². The van der Waals surface area contributed by atoms with Crippen LogP contribution in [0.1, 0.15) is 42.3 Å². The number of pyridine rings is 1. The fourth-order valence-corrected chi connectivity index (χ4v) is 4.97. The van der Waals surface area contributed by atoms with Gasteiger partial charge >= 0.3 is 6.09 Å². The van der Waals surface area contributed by atoms with E-state index in [0.717, 1.165) is 10.8 Å². The number of methoxy groups -OCH3 is 1. The number of hydrogen-bond acceptors (Lipinski definition) is 7. The molecule has 36 heavy (non-hydrogen) atoms. The summed E-state index contributed by atoms with van der Waals surface area (Å²) in [6, 6.07) is 4.05. The summed E-state index contributed by atoms with van der Waals surface area (Å²) >= 11 is 5.86. The van der Waals surface area contributed by atoms with E-state index in [-0.39, 0.29) is 47.2 Å². The van der Waals surface area contributed by atoms with Gasteiger partial charge in [0.2, 0.25) is 10.0 Å². The second-order valence-corrected chi connectivity index (χ2v) is 11.5. The van der Waals surface area contributed by atoms with Crippen molar-refractivity contribution < 1.29 is 31.9 Å². The molecule has 0 bridgehead atoms. The Hall–Kier alpha value is -3.12. The SMILES string of the molecule is COc1c2c(c(N(C(=O)OC(C)(C)C)S(C)(=O)=O)n(C)c1=O)CCN(Cc1ccc(F)c(Cl)c1)C2=O. The van der Waals surface area contributed by atoms with Crippen molar-refractivity contribution in [2.45, 2.75) is 39.3 Å². The molecule has 1 aromatic carbocycles. The number of aromatic nitrogens is 1. The maximum absolute atomic E-state index is 13.6. The largest absolute Gasteiger partial charge is 0.490 e. The fourth-order valence-electron chi connectivity index (χ4n) is 3.92. The summed E-state index contributed by atoms with van der Waals surface area (Å²) in [5.41, 5.74) is -1.32. The first-order chi connectivity index (χ1) is 16.6. The van der Waals surface area contributed by atoms with Crippen LogP contribution in [0, 0.1) is 5.82 Å². The molecule has 1 aliphatic heterocycles. The first-order valence-electron chi connectivity index (χ1n) is 10.8. The Morgan fingerprint density at radius 2 is 1.89 bits per heavy atom. The molecular formula is C23H27ClFN3O7S. The average molecular weight is 544 g/mol. The van der Waals surface area contributed by atoms with Crippen LogP contribution in [0.5, 0.6) is 5.75 Å². The molecule has 0 fully saturated rings. The number of carbonyl (C=O) groups excluding carboxylic acids is 2. The molecule has 2 heterocycles. The van der Waals surface area contributed by atoms with Crippen molar-refractivity contribution in [3.8, 4) is 5.75 Å². The lowest BCUT2D eigenvalue weighted by Crippen LogP contribution is -2.46. The molecule has 1 aromatic heterocycles. The lowest BCUT2D eigenvalue weighted by atomic mass is 9.98. The molecule has 2 amide bonds. The maximum Gasteiger partial charge on any atom is 0.430 e. The Labute approximate surface area is 213 Å². The zero-order valence-electron chi connectivity index (χ0n) is 20.7. The third kappa shape index (κ3) is 5.34. The third-order valence-corrected chi connectivity index (χ3v) is 6.67. The standard InChI is InChI=1S/C23H27ClFN3O7S/c1-23(2,3)35-22(31)28(36(6,32)33)19-14-9-10-27(12-13-7-8-16(25)15(24)11-13)20(29)17(14)18(34-5)21(30)26(19)4/h7-8,11H,9-10,12H2,1-6H3. The molecule has 3 rings (SSSR count). The first-order valence-corrected chi connectivity index (χ1v) is 13.1. The molecule has 10 nitrogen and oxygen atoms in total. The van der Waals surface area contributed by atoms with Crippen LogP contribution < -0.4 is 14.6 Å². The number of anilines is 1. The monoisotopic (exact) mass is 543 g/mol. The third-order valence-electron chi connectivity index (χ3n) is 5.39. The Balaban J connectivity index is 2.19. The number of halogens is 2. The Kier molecular flexibility index (Phi) is 7.43. The van der Waals surface area contributed by atoms with E-state index >= 15 is 0 Å². The van der Waals surface area contributed by atoms with E-state index in [1.807, 2.05) is 0 Å². The number of fused-ring (bicyclic) bond motifs is 1. The van der Waals surface area contributed by atoms with Gasteiger partial charge < -0.3 is 14.4 Å². The van der Waals surface area contributed by atoms with Crippen molar-refractivity contribution in [3.05, 3.63) is 56.1 Å². The van der Waals surface area contributed by atoms with Gasteiger partial charge in [-0.15, -0.1) is 0 Å². The number of ether oxygens (including phenoxy) is 2. The molecule has 0 spiro atoms. The van der Waals surface area contributed by atoms with Crippen LogP contribution in [0.2, 0.25) is 5.02 Å². The van der Waals surface area contributed by atoms with Gasteiger partial charge in [-0.1, -0.05) is 17.7 Å². The van der Waals surface area contributed by atoms with Crippen LogP contribution in [0.15, 0.2) is 23.0 Å². The minimum absolute atomic E-state index is 0.0494. The predicted molar refractivity (Wildman–Crippen MR) is 132 cm³/mol. The number of nitrogens with zero attached hydrogens (tertiary/aromatic N) is 3. The zero-order chi connectivity index (χ0) is 27.2. The predicted octanol–water partition coefficient (Wildman–Crippen LogP) is 3.09. The molecular weight excluding hydrogens is 517 g/mol. The highest BCUT2D eigenvalue weighted by molar-refractivity contribution is 7.92. The molecule has 0 unspecified atom stereocenters. The number of amides is 2. The molecule has 13 heteroatoms. The fraction of sp³-hybridized carbons (Fsp3) is 0.435. The molecule has 1 aliphatic rings. The minimum atomic E-state index is -4.29. The highest BCUT2D eigenvalue weighted by atomic mass is 35.5. The van der Waals surface area contributed by atoms with Crippen LogP contribution in [0.3, 0.4) is 0 Å². The van der Waals surface area contributed by atoms with Gasteiger partial charge in [-0.2, -0.15) is 4.31 Å². The van der Waals surface area contributed by atoms with Crippen molar-refractivity contribution in [2.75, 3.05) is 24.2 Å². The number of carbonyl (C=O) groups is 2. The number of sulfonamides is 1. The van der Waals surface area contributed by atoms with Crippen molar-refractivity contribution in [1.29, 1.82) is 0 Å². The molecule has 196 valence electrons. The lowest BCUT2D eigenvalue weighted by Gasteiger charge is -2.34. The zero-order valence-corrected chi connectivity index (χ0v) is 22.3. The van der Waals surface area contributed by atoms with Crippen molar-refractivity contribution >= 4 is 39.4 Å². The lowest BCUT2D eigenvalue weighted by molar-refractivity contribution is 0.0604. The average Bonchev–Trinajstić information content (AvgIpc) is 2.74. The molecule has 0 N–H and O–H groups in total. The summed E-state index contributed by atoms with van der Waals surface area (Å²) in [7, 11) is -1.80. The van der Waals surface area contributed by atoms with E-state index in [4.69, 9.17) is 21.1 Å². The Morgan fingerprint density at radius 3 is 2.42 bits per heavy atom. The van der Waals surface area contributed by atoms with Crippen LogP contribution >= 0.6 is 11.6 Å². The molecule has 0 saturated carbocycles. The second kappa shape index (κ2) is 9.74. The van der Waals surface area contributed by atoms with Crippen LogP contribution in [-0.4, -0.2) is 55.4 Å². The van der Waals surface area contributed by atoms with Gasteiger partial charge in [-0.05, 0) is 44.9 Å². The normalized spacial score (nSPS) is 13.9. The van der Waals surface area contributed by atoms with E-state index in [9.17, 15) is 27.2 Å². The van der Waals surface area contributed by atoms with E-state index in [1.165, 1.54) is 37.3 Å². The Morgan fingerprint density at radius 1 is 1.25 bits per heavy atom. The number of hydrogen-bond donors (Lipinski definition) is 0. The minimum Gasteiger partial charge on any atom is -0.490 e. The summed E-state index contributed by atoms with van der Waals surface area (Å²) in [6.07, 6.45) is -0.332. The van der Waals surface area contributed by atoms with Gasteiger partial charge in [0.05, 0.1) is 24.0 Å². The van der Waals surface area contributed by atoms with E-state index in [1.54, 1.807) is 20.8 Å². The summed E-state index contributed by atoms with van der Waals surface area (Å²) in [4.78, 5) is 41.1. The van der Waals surface area contributed by atoms with Gasteiger partial charge in [-0.25, -0.2) is 17.6 Å². The maximum atomic E-state index is 13.6. The van der Waals surface area contributed by atoms with E-state index in [0.29, 0.717) is 9.87 Å². The van der Waals surface area contributed by atoms with Crippen molar-refractivity contribution in [2.24, 2.45) is 7.05 Å².